The lowest BCUT2D eigenvalue weighted by Gasteiger charge is -2.24. The molecule has 6 nitrogen and oxygen atoms in total. The molecule has 3 rings (SSSR count). The van der Waals surface area contributed by atoms with Gasteiger partial charge in [-0.1, -0.05) is 6.92 Å². The number of carbonyl (C=O) groups is 1. The number of halogens is 2. The maximum Gasteiger partial charge on any atom is 0.239 e. The Labute approximate surface area is 154 Å². The molecule has 0 saturated carbocycles. The summed E-state index contributed by atoms with van der Waals surface area (Å²) in [6.45, 7) is 3.05. The topological polar surface area (TPSA) is 83.1 Å². The molecule has 1 N–H and O–H groups in total. The smallest absolute Gasteiger partial charge is 0.239 e. The van der Waals surface area contributed by atoms with Crippen molar-refractivity contribution in [2.45, 2.75) is 20.3 Å². The number of carbonyl (C=O) groups excluding carboxylic acids is 1. The van der Waals surface area contributed by atoms with Crippen molar-refractivity contribution in [3.05, 3.63) is 53.9 Å². The van der Waals surface area contributed by atoms with Crippen LogP contribution in [-0.4, -0.2) is 29.9 Å². The molecule has 27 heavy (non-hydrogen) atoms. The first kappa shape index (κ1) is 19.0. The third-order valence-electron chi connectivity index (χ3n) is 4.00. The van der Waals surface area contributed by atoms with Crippen LogP contribution in [0.25, 0.3) is 11.0 Å². The predicted molar refractivity (Wildman–Crippen MR) is 98.7 cm³/mol. The number of hydrogen-bond donors (Lipinski definition) is 1. The quantitative estimate of drug-likeness (QED) is 0.644. The number of pyridine rings is 1. The van der Waals surface area contributed by atoms with Crippen LogP contribution in [0.2, 0.25) is 0 Å². The van der Waals surface area contributed by atoms with Crippen molar-refractivity contribution in [2.24, 2.45) is 0 Å². The zero-order valence-corrected chi connectivity index (χ0v) is 15.5. The van der Waals surface area contributed by atoms with Crippen LogP contribution >= 0.6 is 0 Å². The summed E-state index contributed by atoms with van der Waals surface area (Å²) in [7, 11) is -3.96. The van der Waals surface area contributed by atoms with Gasteiger partial charge >= 0.3 is 0 Å². The number of hydrogen-bond acceptors (Lipinski definition) is 4. The van der Waals surface area contributed by atoms with Gasteiger partial charge in [0, 0.05) is 23.2 Å². The summed E-state index contributed by atoms with van der Waals surface area (Å²) in [5.74, 6) is -2.30. The fraction of sp³-hybridized carbons (Fsp3) is 0.222. The highest BCUT2D eigenvalue weighted by Crippen LogP contribution is 2.33. The molecule has 142 valence electrons. The van der Waals surface area contributed by atoms with Gasteiger partial charge in [-0.25, -0.2) is 26.5 Å². The van der Waals surface area contributed by atoms with E-state index in [-0.39, 0.29) is 22.9 Å². The second kappa shape index (κ2) is 7.07. The van der Waals surface area contributed by atoms with Gasteiger partial charge in [0.1, 0.15) is 11.5 Å². The largest absolute Gasteiger partial charge is 0.345 e. The molecule has 0 aliphatic rings. The number of fused-ring (bicyclic) bond motifs is 1. The summed E-state index contributed by atoms with van der Waals surface area (Å²) in [6, 6.07) is 4.11. The van der Waals surface area contributed by atoms with Crippen molar-refractivity contribution in [1.82, 2.24) is 9.97 Å². The summed E-state index contributed by atoms with van der Waals surface area (Å²) in [6.07, 6.45) is 3.05. The van der Waals surface area contributed by atoms with Crippen LogP contribution < -0.4 is 4.31 Å². The maximum atomic E-state index is 14.4. The summed E-state index contributed by atoms with van der Waals surface area (Å²) >= 11 is 0. The molecule has 2 aromatic heterocycles. The SMILES string of the molecule is CCCS(=O)(=O)N(c1cnc2[nH]cc(C(C)=O)c2c1)c1ccc(F)cc1F. The fourth-order valence-electron chi connectivity index (χ4n) is 2.84. The molecule has 0 unspecified atom stereocenters. The Hall–Kier alpha value is -2.81. The number of nitrogens with zero attached hydrogens (tertiary/aromatic N) is 2. The van der Waals surface area contributed by atoms with E-state index < -0.39 is 21.7 Å². The molecule has 0 aliphatic heterocycles. The number of H-pyrrole nitrogens is 1. The highest BCUT2D eigenvalue weighted by molar-refractivity contribution is 7.93. The van der Waals surface area contributed by atoms with E-state index in [1.165, 1.54) is 25.4 Å². The predicted octanol–water partition coefficient (Wildman–Crippen LogP) is 3.92. The van der Waals surface area contributed by atoms with Gasteiger partial charge in [-0.3, -0.25) is 4.79 Å². The van der Waals surface area contributed by atoms with Crippen LogP contribution in [0, 0.1) is 11.6 Å². The highest BCUT2D eigenvalue weighted by atomic mass is 32.2. The van der Waals surface area contributed by atoms with E-state index >= 15 is 0 Å². The van der Waals surface area contributed by atoms with Crippen molar-refractivity contribution in [3.63, 3.8) is 0 Å². The van der Waals surface area contributed by atoms with Gasteiger partial charge in [0.05, 0.1) is 23.3 Å². The van der Waals surface area contributed by atoms with Crippen molar-refractivity contribution < 1.29 is 22.0 Å². The zero-order valence-electron chi connectivity index (χ0n) is 14.7. The first-order chi connectivity index (χ1) is 12.7. The summed E-state index contributed by atoms with van der Waals surface area (Å²) < 4.78 is 54.1. The first-order valence-electron chi connectivity index (χ1n) is 8.20. The zero-order chi connectivity index (χ0) is 19.8. The second-order valence-electron chi connectivity index (χ2n) is 6.02. The monoisotopic (exact) mass is 393 g/mol. The molecule has 3 aromatic rings. The van der Waals surface area contributed by atoms with Crippen LogP contribution in [0.1, 0.15) is 30.6 Å². The van der Waals surface area contributed by atoms with E-state index in [0.29, 0.717) is 29.1 Å². The van der Waals surface area contributed by atoms with Gasteiger partial charge in [0.2, 0.25) is 10.0 Å². The molecule has 0 saturated heterocycles. The number of ketones is 1. The number of benzene rings is 1. The van der Waals surface area contributed by atoms with Gasteiger partial charge in [-0.05, 0) is 31.5 Å². The number of nitrogens with one attached hydrogen (secondary N) is 1. The molecule has 0 radical (unpaired) electrons. The van der Waals surface area contributed by atoms with Crippen molar-refractivity contribution in [1.29, 1.82) is 0 Å². The number of sulfonamides is 1. The molecule has 0 bridgehead atoms. The van der Waals surface area contributed by atoms with E-state index in [4.69, 9.17) is 0 Å². The Morgan fingerprint density at radius 2 is 2.00 bits per heavy atom. The number of aromatic nitrogens is 2. The Balaban J connectivity index is 2.26. The van der Waals surface area contributed by atoms with E-state index in [0.717, 1.165) is 16.4 Å². The lowest BCUT2D eigenvalue weighted by atomic mass is 10.1. The summed E-state index contributed by atoms with van der Waals surface area (Å²) in [5.41, 5.74) is 0.484. The molecule has 0 spiro atoms. The van der Waals surface area contributed by atoms with Gasteiger partial charge in [0.15, 0.2) is 11.6 Å². The maximum absolute atomic E-state index is 14.4. The molecule has 1 aromatic carbocycles. The van der Waals surface area contributed by atoms with Crippen molar-refractivity contribution in [2.75, 3.05) is 10.1 Å². The summed E-state index contributed by atoms with van der Waals surface area (Å²) in [4.78, 5) is 18.8. The normalized spacial score (nSPS) is 11.7. The van der Waals surface area contributed by atoms with Gasteiger partial charge < -0.3 is 4.98 Å². The fourth-order valence-corrected chi connectivity index (χ4v) is 4.41. The highest BCUT2D eigenvalue weighted by Gasteiger charge is 2.27. The number of rotatable bonds is 6. The molecular weight excluding hydrogens is 376 g/mol. The van der Waals surface area contributed by atoms with E-state index in [1.54, 1.807) is 6.92 Å². The average Bonchev–Trinajstić information content (AvgIpc) is 3.00. The molecule has 0 amide bonds. The lowest BCUT2D eigenvalue weighted by Crippen LogP contribution is -2.29. The molecule has 2 heterocycles. The number of anilines is 2. The van der Waals surface area contributed by atoms with Gasteiger partial charge in [0.25, 0.3) is 0 Å². The van der Waals surface area contributed by atoms with Crippen LogP contribution in [0.4, 0.5) is 20.2 Å². The molecular formula is C18H17F2N3O3S. The Morgan fingerprint density at radius 3 is 2.63 bits per heavy atom. The standard InChI is InChI=1S/C18H17F2N3O3S/c1-3-6-27(25,26)23(17-5-4-12(19)7-16(17)20)13-8-14-15(11(2)24)10-22-18(14)21-9-13/h4-5,7-10H,3,6H2,1-2H3,(H,21,22). The average molecular weight is 393 g/mol. The minimum Gasteiger partial charge on any atom is -0.345 e. The third-order valence-corrected chi connectivity index (χ3v) is 5.89. The van der Waals surface area contributed by atoms with Crippen molar-refractivity contribution in [3.8, 4) is 0 Å². The van der Waals surface area contributed by atoms with Gasteiger partial charge in [-0.15, -0.1) is 0 Å². The number of aromatic amines is 1. The summed E-state index contributed by atoms with van der Waals surface area (Å²) in [5, 5.41) is 0.416. The van der Waals surface area contributed by atoms with E-state index in [9.17, 15) is 22.0 Å². The van der Waals surface area contributed by atoms with Crippen LogP contribution in [0.3, 0.4) is 0 Å². The van der Waals surface area contributed by atoms with E-state index in [2.05, 4.69) is 9.97 Å². The van der Waals surface area contributed by atoms with Crippen LogP contribution in [0.5, 0.6) is 0 Å². The Bertz CT molecular complexity index is 1130. The first-order valence-corrected chi connectivity index (χ1v) is 9.81. The van der Waals surface area contributed by atoms with E-state index in [1.807, 2.05) is 0 Å². The second-order valence-corrected chi connectivity index (χ2v) is 7.96. The Kier molecular flexibility index (Phi) is 4.97. The third kappa shape index (κ3) is 3.55. The molecule has 0 fully saturated rings. The minimum absolute atomic E-state index is 0.0589. The van der Waals surface area contributed by atoms with Crippen LogP contribution in [-0.2, 0) is 10.0 Å². The van der Waals surface area contributed by atoms with Crippen molar-refractivity contribution >= 4 is 38.2 Å². The Morgan fingerprint density at radius 1 is 1.26 bits per heavy atom. The molecule has 9 heteroatoms. The van der Waals surface area contributed by atoms with Crippen LogP contribution in [0.15, 0.2) is 36.7 Å². The molecule has 0 aliphatic carbocycles. The lowest BCUT2D eigenvalue weighted by molar-refractivity contribution is 0.101. The minimum atomic E-state index is -3.96. The number of Topliss-reactive ketones (excluding diaryl/α,β-unsaturated/α-hetero) is 1. The van der Waals surface area contributed by atoms with Gasteiger partial charge in [-0.2, -0.15) is 0 Å². The molecule has 0 atom stereocenters.